The molecule has 0 aromatic carbocycles. The van der Waals surface area contributed by atoms with Crippen LogP contribution >= 0.6 is 11.3 Å². The Morgan fingerprint density at radius 2 is 2.21 bits per heavy atom. The van der Waals surface area contributed by atoms with E-state index in [1.165, 1.54) is 12.8 Å². The summed E-state index contributed by atoms with van der Waals surface area (Å²) >= 11 is 1.10. The lowest BCUT2D eigenvalue weighted by Crippen LogP contribution is -2.37. The monoisotopic (exact) mass is 283 g/mol. The van der Waals surface area contributed by atoms with Gasteiger partial charge < -0.3 is 15.3 Å². The molecule has 2 N–H and O–H groups in total. The maximum atomic E-state index is 11.8. The number of carboxylic acids is 1. The molecule has 1 aromatic heterocycles. The van der Waals surface area contributed by atoms with Gasteiger partial charge >= 0.3 is 12.0 Å². The molecule has 0 bridgehead atoms. The number of aromatic nitrogens is 1. The van der Waals surface area contributed by atoms with E-state index in [9.17, 15) is 9.59 Å². The lowest BCUT2D eigenvalue weighted by molar-refractivity contribution is 0.0701. The number of carbonyl (C=O) groups excluding carboxylic acids is 1. The summed E-state index contributed by atoms with van der Waals surface area (Å²) in [7, 11) is 1.77. The van der Waals surface area contributed by atoms with Crippen LogP contribution in [0.25, 0.3) is 0 Å². The molecular formula is C12H17N3O3S. The average Bonchev–Trinajstić information content (AvgIpc) is 3.07. The maximum Gasteiger partial charge on any atom is 0.347 e. The Morgan fingerprint density at radius 1 is 1.53 bits per heavy atom. The Hall–Kier alpha value is -1.63. The predicted octanol–water partition coefficient (Wildman–Crippen LogP) is 1.70. The fourth-order valence-corrected chi connectivity index (χ4v) is 2.63. The molecule has 2 rings (SSSR count). The molecule has 0 saturated heterocycles. The van der Waals surface area contributed by atoms with Crippen molar-refractivity contribution in [2.24, 2.45) is 5.92 Å². The number of nitrogens with one attached hydrogen (secondary N) is 1. The summed E-state index contributed by atoms with van der Waals surface area (Å²) in [5.41, 5.74) is 0.494. The van der Waals surface area contributed by atoms with E-state index in [0.29, 0.717) is 16.6 Å². The van der Waals surface area contributed by atoms with E-state index in [-0.39, 0.29) is 17.5 Å². The minimum absolute atomic E-state index is 0.142. The van der Waals surface area contributed by atoms with Gasteiger partial charge in [0.1, 0.15) is 9.88 Å². The van der Waals surface area contributed by atoms with Gasteiger partial charge in [0.25, 0.3) is 0 Å². The molecule has 1 aromatic rings. The molecule has 1 heterocycles. The summed E-state index contributed by atoms with van der Waals surface area (Å²) in [5.74, 6) is -0.324. The van der Waals surface area contributed by atoms with E-state index in [0.717, 1.165) is 17.9 Å². The molecule has 7 heteroatoms. The largest absolute Gasteiger partial charge is 0.477 e. The van der Waals surface area contributed by atoms with Crippen molar-refractivity contribution in [2.75, 3.05) is 13.6 Å². The zero-order valence-corrected chi connectivity index (χ0v) is 11.8. The Morgan fingerprint density at radius 3 is 2.74 bits per heavy atom. The molecule has 104 valence electrons. The van der Waals surface area contributed by atoms with Crippen molar-refractivity contribution < 1.29 is 14.7 Å². The van der Waals surface area contributed by atoms with Crippen molar-refractivity contribution in [3.05, 3.63) is 15.6 Å². The van der Waals surface area contributed by atoms with Gasteiger partial charge in [-0.1, -0.05) is 0 Å². The summed E-state index contributed by atoms with van der Waals surface area (Å²) in [6.45, 7) is 2.71. The topological polar surface area (TPSA) is 82.5 Å². The summed E-state index contributed by atoms with van der Waals surface area (Å²) < 4.78 is 0. The van der Waals surface area contributed by atoms with Crippen molar-refractivity contribution >= 4 is 23.3 Å². The van der Waals surface area contributed by atoms with Crippen molar-refractivity contribution in [3.8, 4) is 0 Å². The Kier molecular flexibility index (Phi) is 4.04. The highest BCUT2D eigenvalue weighted by Gasteiger charge is 2.24. The summed E-state index contributed by atoms with van der Waals surface area (Å²) in [5, 5.41) is 12.3. The molecule has 0 aliphatic heterocycles. The Bertz CT molecular complexity index is 496. The van der Waals surface area contributed by atoms with Gasteiger partial charge in [-0.25, -0.2) is 14.6 Å². The lowest BCUT2D eigenvalue weighted by atomic mass is 10.4. The quantitative estimate of drug-likeness (QED) is 0.861. The molecule has 1 saturated carbocycles. The van der Waals surface area contributed by atoms with Crippen LogP contribution in [0.2, 0.25) is 0 Å². The first kappa shape index (κ1) is 13.8. The van der Waals surface area contributed by atoms with Crippen molar-refractivity contribution in [2.45, 2.75) is 26.3 Å². The highest BCUT2D eigenvalue weighted by Crippen LogP contribution is 2.29. The van der Waals surface area contributed by atoms with Crippen LogP contribution in [-0.4, -0.2) is 40.6 Å². The first-order valence-corrected chi connectivity index (χ1v) is 6.97. The number of carboxylic acid groups (broad SMARTS) is 1. The summed E-state index contributed by atoms with van der Waals surface area (Å²) in [4.78, 5) is 28.7. The molecule has 0 spiro atoms. The minimum atomic E-state index is -0.974. The molecule has 19 heavy (non-hydrogen) atoms. The van der Waals surface area contributed by atoms with Crippen LogP contribution in [0.4, 0.5) is 4.79 Å². The van der Waals surface area contributed by atoms with Gasteiger partial charge in [0, 0.05) is 13.6 Å². The number of carbonyl (C=O) groups is 2. The van der Waals surface area contributed by atoms with Gasteiger partial charge in [-0.15, -0.1) is 11.3 Å². The van der Waals surface area contributed by atoms with Crippen LogP contribution in [0.15, 0.2) is 0 Å². The second-order valence-electron chi connectivity index (χ2n) is 4.81. The number of aromatic carboxylic acids is 1. The normalized spacial score (nSPS) is 14.2. The van der Waals surface area contributed by atoms with E-state index in [4.69, 9.17) is 5.11 Å². The van der Waals surface area contributed by atoms with Gasteiger partial charge in [-0.2, -0.15) is 0 Å². The number of amides is 2. The second kappa shape index (κ2) is 5.56. The third-order valence-corrected chi connectivity index (χ3v) is 4.15. The first-order chi connectivity index (χ1) is 8.97. The maximum absolute atomic E-state index is 11.8. The number of aryl methyl sites for hydroxylation is 1. The van der Waals surface area contributed by atoms with Gasteiger partial charge in [-0.3, -0.25) is 0 Å². The van der Waals surface area contributed by atoms with Crippen molar-refractivity contribution in [1.29, 1.82) is 0 Å². The van der Waals surface area contributed by atoms with E-state index >= 15 is 0 Å². The third-order valence-electron chi connectivity index (χ3n) is 3.00. The SMILES string of the molecule is Cc1nc(CNC(=O)N(C)CC2CC2)sc1C(=O)O. The second-order valence-corrected chi connectivity index (χ2v) is 5.89. The Balaban J connectivity index is 1.85. The zero-order valence-electron chi connectivity index (χ0n) is 11.0. The van der Waals surface area contributed by atoms with Gasteiger partial charge in [-0.05, 0) is 25.7 Å². The fraction of sp³-hybridized carbons (Fsp3) is 0.583. The minimum Gasteiger partial charge on any atom is -0.477 e. The van der Waals surface area contributed by atoms with Crippen LogP contribution in [0.5, 0.6) is 0 Å². The number of thiazole rings is 1. The van der Waals surface area contributed by atoms with Crippen LogP contribution < -0.4 is 5.32 Å². The van der Waals surface area contributed by atoms with Crippen LogP contribution in [0.3, 0.4) is 0 Å². The van der Waals surface area contributed by atoms with E-state index in [1.54, 1.807) is 18.9 Å². The molecule has 1 fully saturated rings. The first-order valence-electron chi connectivity index (χ1n) is 6.16. The van der Waals surface area contributed by atoms with Crippen LogP contribution in [-0.2, 0) is 6.54 Å². The van der Waals surface area contributed by atoms with E-state index in [2.05, 4.69) is 10.3 Å². The van der Waals surface area contributed by atoms with Crippen molar-refractivity contribution in [3.63, 3.8) is 0 Å². The van der Waals surface area contributed by atoms with Gasteiger partial charge in [0.2, 0.25) is 0 Å². The van der Waals surface area contributed by atoms with E-state index in [1.807, 2.05) is 0 Å². The number of hydrogen-bond acceptors (Lipinski definition) is 4. The van der Waals surface area contributed by atoms with Crippen LogP contribution in [0, 0.1) is 12.8 Å². The highest BCUT2D eigenvalue weighted by molar-refractivity contribution is 7.13. The number of nitrogens with zero attached hydrogens (tertiary/aromatic N) is 2. The van der Waals surface area contributed by atoms with Gasteiger partial charge in [0.05, 0.1) is 12.2 Å². The standard InChI is InChI=1S/C12H17N3O3S/c1-7-10(11(16)17)19-9(14-7)5-13-12(18)15(2)6-8-3-4-8/h8H,3-6H2,1-2H3,(H,13,18)(H,16,17). The highest BCUT2D eigenvalue weighted by atomic mass is 32.1. The number of hydrogen-bond donors (Lipinski definition) is 2. The summed E-state index contributed by atoms with van der Waals surface area (Å²) in [6.07, 6.45) is 2.40. The zero-order chi connectivity index (χ0) is 14.0. The molecular weight excluding hydrogens is 266 g/mol. The van der Waals surface area contributed by atoms with Gasteiger partial charge in [0.15, 0.2) is 0 Å². The number of urea groups is 1. The fourth-order valence-electron chi connectivity index (χ4n) is 1.78. The molecule has 1 aliphatic carbocycles. The molecule has 0 unspecified atom stereocenters. The smallest absolute Gasteiger partial charge is 0.347 e. The summed E-state index contributed by atoms with van der Waals surface area (Å²) in [6, 6.07) is -0.142. The third kappa shape index (κ3) is 3.66. The lowest BCUT2D eigenvalue weighted by Gasteiger charge is -2.16. The molecule has 6 nitrogen and oxygen atoms in total. The Labute approximate surface area is 115 Å². The molecule has 2 amide bonds. The van der Waals surface area contributed by atoms with E-state index < -0.39 is 5.97 Å². The molecule has 1 aliphatic rings. The molecule has 0 atom stereocenters. The number of rotatable bonds is 5. The predicted molar refractivity (Wildman–Crippen MR) is 71.4 cm³/mol. The average molecular weight is 283 g/mol. The van der Waals surface area contributed by atoms with Crippen molar-refractivity contribution in [1.82, 2.24) is 15.2 Å². The van der Waals surface area contributed by atoms with Crippen LogP contribution in [0.1, 0.15) is 33.2 Å². The molecule has 0 radical (unpaired) electrons.